The summed E-state index contributed by atoms with van der Waals surface area (Å²) >= 11 is 1.49. The Kier molecular flexibility index (Phi) is 3.91. The third-order valence-corrected chi connectivity index (χ3v) is 5.26. The zero-order valence-corrected chi connectivity index (χ0v) is 13.6. The average Bonchev–Trinajstić information content (AvgIpc) is 3.10. The molecule has 0 unspecified atom stereocenters. The van der Waals surface area contributed by atoms with Crippen molar-refractivity contribution < 1.29 is 4.79 Å². The van der Waals surface area contributed by atoms with Crippen LogP contribution < -0.4 is 0 Å². The SMILES string of the molecule is O=C(CSc1nnc2n1CCCCC2)c1c[nH]c2ccccc12. The molecule has 1 N–H and O–H groups in total. The van der Waals surface area contributed by atoms with Gasteiger partial charge in [-0.3, -0.25) is 4.79 Å². The Morgan fingerprint density at radius 3 is 3.09 bits per heavy atom. The number of thioether (sulfide) groups is 1. The van der Waals surface area contributed by atoms with Gasteiger partial charge in [0.05, 0.1) is 5.75 Å². The molecule has 1 aliphatic rings. The first-order valence-electron chi connectivity index (χ1n) is 7.97. The van der Waals surface area contributed by atoms with Crippen molar-refractivity contribution in [2.75, 3.05) is 5.75 Å². The molecular formula is C17H18N4OS. The van der Waals surface area contributed by atoms with Crippen LogP contribution in [0.5, 0.6) is 0 Å². The Balaban J connectivity index is 1.51. The van der Waals surface area contributed by atoms with Crippen molar-refractivity contribution in [3.05, 3.63) is 41.9 Å². The van der Waals surface area contributed by atoms with Gasteiger partial charge >= 0.3 is 0 Å². The molecular weight excluding hydrogens is 308 g/mol. The number of carbonyl (C=O) groups is 1. The van der Waals surface area contributed by atoms with Gasteiger partial charge in [-0.25, -0.2) is 0 Å². The number of ketones is 1. The van der Waals surface area contributed by atoms with Gasteiger partial charge in [0.2, 0.25) is 0 Å². The second-order valence-electron chi connectivity index (χ2n) is 5.82. The second kappa shape index (κ2) is 6.20. The molecule has 4 rings (SSSR count). The Labute approximate surface area is 138 Å². The summed E-state index contributed by atoms with van der Waals surface area (Å²) in [6.07, 6.45) is 6.37. The van der Waals surface area contributed by atoms with Gasteiger partial charge in [0, 0.05) is 35.6 Å². The van der Waals surface area contributed by atoms with Gasteiger partial charge in [0.1, 0.15) is 5.82 Å². The molecule has 6 heteroatoms. The van der Waals surface area contributed by atoms with Crippen LogP contribution >= 0.6 is 11.8 Å². The number of nitrogens with zero attached hydrogens (tertiary/aromatic N) is 3. The van der Waals surface area contributed by atoms with Crippen LogP contribution in [0.2, 0.25) is 0 Å². The molecule has 0 atom stereocenters. The van der Waals surface area contributed by atoms with Crippen molar-refractivity contribution in [3.63, 3.8) is 0 Å². The van der Waals surface area contributed by atoms with Crippen molar-refractivity contribution in [1.82, 2.24) is 19.7 Å². The zero-order valence-electron chi connectivity index (χ0n) is 12.8. The number of fused-ring (bicyclic) bond motifs is 2. The monoisotopic (exact) mass is 326 g/mol. The summed E-state index contributed by atoms with van der Waals surface area (Å²) < 4.78 is 2.18. The number of aromatic amines is 1. The molecule has 0 aliphatic carbocycles. The normalized spacial score (nSPS) is 14.6. The third-order valence-electron chi connectivity index (χ3n) is 4.30. The Bertz CT molecular complexity index is 851. The van der Waals surface area contributed by atoms with Gasteiger partial charge in [0.25, 0.3) is 0 Å². The number of carbonyl (C=O) groups excluding carboxylic acids is 1. The molecule has 3 aromatic rings. The molecule has 0 radical (unpaired) electrons. The highest BCUT2D eigenvalue weighted by molar-refractivity contribution is 7.99. The van der Waals surface area contributed by atoms with Gasteiger partial charge in [-0.05, 0) is 18.9 Å². The summed E-state index contributed by atoms with van der Waals surface area (Å²) in [5.74, 6) is 1.57. The van der Waals surface area contributed by atoms with Gasteiger partial charge in [-0.15, -0.1) is 10.2 Å². The Morgan fingerprint density at radius 1 is 1.22 bits per heavy atom. The van der Waals surface area contributed by atoms with Crippen molar-refractivity contribution in [2.24, 2.45) is 0 Å². The van der Waals surface area contributed by atoms with Crippen molar-refractivity contribution in [2.45, 2.75) is 37.4 Å². The van der Waals surface area contributed by atoms with Crippen LogP contribution in [0.1, 0.15) is 35.4 Å². The van der Waals surface area contributed by atoms with E-state index in [0.29, 0.717) is 5.75 Å². The quantitative estimate of drug-likeness (QED) is 0.589. The predicted molar refractivity (Wildman–Crippen MR) is 90.9 cm³/mol. The van der Waals surface area contributed by atoms with E-state index in [0.717, 1.165) is 46.8 Å². The summed E-state index contributed by atoms with van der Waals surface area (Å²) in [4.78, 5) is 15.7. The molecule has 5 nitrogen and oxygen atoms in total. The first-order valence-corrected chi connectivity index (χ1v) is 8.95. The highest BCUT2D eigenvalue weighted by Gasteiger charge is 2.17. The molecule has 0 amide bonds. The number of H-pyrrole nitrogens is 1. The molecule has 3 heterocycles. The van der Waals surface area contributed by atoms with E-state index in [4.69, 9.17) is 0 Å². The lowest BCUT2D eigenvalue weighted by atomic mass is 10.1. The minimum Gasteiger partial charge on any atom is -0.360 e. The number of nitrogens with one attached hydrogen (secondary N) is 1. The maximum absolute atomic E-state index is 12.6. The van der Waals surface area contributed by atoms with E-state index in [2.05, 4.69) is 19.7 Å². The fraction of sp³-hybridized carbons (Fsp3) is 0.353. The predicted octanol–water partition coefficient (Wildman–Crippen LogP) is 3.46. The number of Topliss-reactive ketones (excluding diaryl/α,β-unsaturated/α-hetero) is 1. The van der Waals surface area contributed by atoms with Gasteiger partial charge in [-0.1, -0.05) is 36.4 Å². The first-order chi connectivity index (χ1) is 11.3. The maximum atomic E-state index is 12.6. The highest BCUT2D eigenvalue weighted by Crippen LogP contribution is 2.24. The average molecular weight is 326 g/mol. The van der Waals surface area contributed by atoms with Crippen molar-refractivity contribution >= 4 is 28.4 Å². The molecule has 0 fully saturated rings. The summed E-state index contributed by atoms with van der Waals surface area (Å²) in [6, 6.07) is 7.89. The van der Waals surface area contributed by atoms with E-state index in [1.54, 1.807) is 6.20 Å². The molecule has 1 aromatic carbocycles. The number of rotatable bonds is 4. The number of hydrogen-bond donors (Lipinski definition) is 1. The lowest BCUT2D eigenvalue weighted by Crippen LogP contribution is -2.06. The van der Waals surface area contributed by atoms with Crippen LogP contribution in [-0.2, 0) is 13.0 Å². The van der Waals surface area contributed by atoms with Crippen molar-refractivity contribution in [1.29, 1.82) is 0 Å². The van der Waals surface area contributed by atoms with E-state index in [1.165, 1.54) is 24.6 Å². The molecule has 0 saturated carbocycles. The number of aromatic nitrogens is 4. The topological polar surface area (TPSA) is 63.6 Å². The lowest BCUT2D eigenvalue weighted by Gasteiger charge is -2.05. The summed E-state index contributed by atoms with van der Waals surface area (Å²) in [6.45, 7) is 0.964. The molecule has 0 spiro atoms. The third kappa shape index (κ3) is 2.79. The fourth-order valence-electron chi connectivity index (χ4n) is 3.08. The molecule has 0 bridgehead atoms. The van der Waals surface area contributed by atoms with Gasteiger partial charge < -0.3 is 9.55 Å². The fourth-order valence-corrected chi connectivity index (χ4v) is 3.94. The van der Waals surface area contributed by atoms with Gasteiger partial charge in [-0.2, -0.15) is 0 Å². The largest absolute Gasteiger partial charge is 0.360 e. The van der Waals surface area contributed by atoms with Gasteiger partial charge in [0.15, 0.2) is 10.9 Å². The van der Waals surface area contributed by atoms with Crippen LogP contribution in [0.25, 0.3) is 10.9 Å². The van der Waals surface area contributed by atoms with E-state index in [-0.39, 0.29) is 5.78 Å². The molecule has 118 valence electrons. The smallest absolute Gasteiger partial charge is 0.191 e. The second-order valence-corrected chi connectivity index (χ2v) is 6.76. The van der Waals surface area contributed by atoms with Crippen LogP contribution in [0, 0.1) is 0 Å². The lowest BCUT2D eigenvalue weighted by molar-refractivity contribution is 0.102. The minimum absolute atomic E-state index is 0.124. The standard InChI is InChI=1S/C17H18N4OS/c22-15(13-10-18-14-7-4-3-6-12(13)14)11-23-17-20-19-16-8-2-1-5-9-21(16)17/h3-4,6-7,10,18H,1-2,5,8-9,11H2. The van der Waals surface area contributed by atoms with Crippen molar-refractivity contribution in [3.8, 4) is 0 Å². The van der Waals surface area contributed by atoms with E-state index < -0.39 is 0 Å². The minimum atomic E-state index is 0.124. The van der Waals surface area contributed by atoms with Crippen LogP contribution in [0.4, 0.5) is 0 Å². The van der Waals surface area contributed by atoms with Crippen LogP contribution in [-0.4, -0.2) is 31.3 Å². The van der Waals surface area contributed by atoms with Crippen LogP contribution in [0.3, 0.4) is 0 Å². The first kappa shape index (κ1) is 14.5. The van der Waals surface area contributed by atoms with E-state index >= 15 is 0 Å². The Morgan fingerprint density at radius 2 is 2.13 bits per heavy atom. The number of benzene rings is 1. The summed E-state index contributed by atoms with van der Waals surface area (Å²) in [7, 11) is 0. The molecule has 2 aromatic heterocycles. The summed E-state index contributed by atoms with van der Waals surface area (Å²) in [5.41, 5.74) is 1.75. The van der Waals surface area contributed by atoms with E-state index in [1.807, 2.05) is 24.3 Å². The van der Waals surface area contributed by atoms with E-state index in [9.17, 15) is 4.79 Å². The number of aryl methyl sites for hydroxylation is 1. The van der Waals surface area contributed by atoms with Crippen LogP contribution in [0.15, 0.2) is 35.6 Å². The number of para-hydroxylation sites is 1. The Hall–Kier alpha value is -2.08. The zero-order chi connectivity index (χ0) is 15.6. The maximum Gasteiger partial charge on any atom is 0.191 e. The molecule has 0 saturated heterocycles. The highest BCUT2D eigenvalue weighted by atomic mass is 32.2. The molecule has 23 heavy (non-hydrogen) atoms. The summed E-state index contributed by atoms with van der Waals surface area (Å²) in [5, 5.41) is 10.4. The molecule has 1 aliphatic heterocycles. The number of hydrogen-bond acceptors (Lipinski definition) is 4.